The third kappa shape index (κ3) is 1.86. The second-order valence-electron chi connectivity index (χ2n) is 13.4. The fraction of sp³-hybridized carbons (Fsp3) is 0.846. The highest BCUT2D eigenvalue weighted by Gasteiger charge is 2.99. The summed E-state index contributed by atoms with van der Waals surface area (Å²) in [4.78, 5) is 24.8. The van der Waals surface area contributed by atoms with Gasteiger partial charge < -0.3 is 29.5 Å². The molecule has 0 amide bonds. The lowest BCUT2D eigenvalue weighted by molar-refractivity contribution is -0.929. The summed E-state index contributed by atoms with van der Waals surface area (Å²) in [6.07, 6.45) is -0.00202. The van der Waals surface area contributed by atoms with E-state index in [9.17, 15) is 25.0 Å². The van der Waals surface area contributed by atoms with Crippen molar-refractivity contribution in [2.45, 2.75) is 89.4 Å². The van der Waals surface area contributed by atoms with Crippen molar-refractivity contribution in [1.82, 2.24) is 0 Å². The third-order valence-corrected chi connectivity index (χ3v) is 11.6. The van der Waals surface area contributed by atoms with Crippen LogP contribution in [0, 0.1) is 45.1 Å². The lowest BCUT2D eigenvalue weighted by atomic mass is 9.39. The maximum absolute atomic E-state index is 14.8. The van der Waals surface area contributed by atoms with Crippen molar-refractivity contribution >= 4 is 11.9 Å². The number of rotatable bonds is 3. The van der Waals surface area contributed by atoms with Gasteiger partial charge in [-0.25, -0.2) is 0 Å². The summed E-state index contributed by atoms with van der Waals surface area (Å²) in [5.41, 5.74) is -2.44. The molecule has 9 bridgehead atoms. The summed E-state index contributed by atoms with van der Waals surface area (Å²) in [5, 5.41) is 39.4. The summed E-state index contributed by atoms with van der Waals surface area (Å²) >= 11 is 0. The summed E-state index contributed by atoms with van der Waals surface area (Å²) < 4.78 is 11.3. The highest BCUT2D eigenvalue weighted by atomic mass is 16.6. The number of hydrogen-bond donors (Lipinski definition) is 2. The maximum Gasteiger partial charge on any atom is 0.308 e. The molecule has 0 radical (unpaired) electrons. The van der Waals surface area contributed by atoms with Gasteiger partial charge in [-0.3, -0.25) is 9.59 Å². The van der Waals surface area contributed by atoms with Crippen LogP contribution in [0.1, 0.15) is 53.4 Å². The van der Waals surface area contributed by atoms with Gasteiger partial charge in [0, 0.05) is 47.3 Å². The minimum Gasteiger partial charge on any atom is -0.632 e. The van der Waals surface area contributed by atoms with Crippen molar-refractivity contribution in [2.75, 3.05) is 6.54 Å². The van der Waals surface area contributed by atoms with Crippen LogP contribution in [0.15, 0.2) is 12.2 Å². The van der Waals surface area contributed by atoms with Crippen molar-refractivity contribution in [2.24, 2.45) is 39.9 Å². The Hall–Kier alpha value is -1.48. The number of fused-ring (bicyclic) bond motifs is 1. The number of ether oxygens (including phenoxy) is 2. The Kier molecular flexibility index (Phi) is 3.68. The minimum absolute atomic E-state index is 0.0430. The molecule has 2 N–H and O–H groups in total. The fourth-order valence-electron chi connectivity index (χ4n) is 11.8. The average Bonchev–Trinajstić information content (AvgIpc) is 3.04. The molecule has 0 unspecified atom stereocenters. The number of quaternary nitrogens is 1. The number of hydroxylamine groups is 3. The van der Waals surface area contributed by atoms with Crippen molar-refractivity contribution in [3.63, 3.8) is 0 Å². The molecule has 34 heavy (non-hydrogen) atoms. The topological polar surface area (TPSA) is 116 Å². The first-order chi connectivity index (χ1) is 15.8. The van der Waals surface area contributed by atoms with Crippen LogP contribution in [0.5, 0.6) is 0 Å². The van der Waals surface area contributed by atoms with Crippen LogP contribution in [-0.4, -0.2) is 69.3 Å². The van der Waals surface area contributed by atoms with Crippen LogP contribution in [-0.2, 0) is 19.1 Å². The van der Waals surface area contributed by atoms with E-state index < -0.39 is 51.2 Å². The Labute approximate surface area is 199 Å². The Bertz CT molecular complexity index is 1060. The second-order valence-corrected chi connectivity index (χ2v) is 13.4. The maximum atomic E-state index is 14.8. The Morgan fingerprint density at radius 3 is 2.56 bits per heavy atom. The zero-order valence-corrected chi connectivity index (χ0v) is 20.3. The molecule has 0 aromatic rings. The van der Waals surface area contributed by atoms with Gasteiger partial charge in [0.1, 0.15) is 18.2 Å². The van der Waals surface area contributed by atoms with E-state index in [0.717, 1.165) is 5.57 Å². The molecule has 9 rings (SSSR count). The van der Waals surface area contributed by atoms with E-state index >= 15 is 0 Å². The van der Waals surface area contributed by atoms with Gasteiger partial charge in [-0.2, -0.15) is 0 Å². The first-order valence-corrected chi connectivity index (χ1v) is 12.8. The van der Waals surface area contributed by atoms with Gasteiger partial charge in [0.2, 0.25) is 0 Å². The van der Waals surface area contributed by atoms with Crippen molar-refractivity contribution < 1.29 is 33.9 Å². The number of piperidine rings is 2. The predicted molar refractivity (Wildman–Crippen MR) is 118 cm³/mol. The van der Waals surface area contributed by atoms with Crippen LogP contribution in [0.2, 0.25) is 0 Å². The standard InChI is InChI=1S/C26H35NO7/c1-11(2)21(30)34-14-7-23(5)10-27(32)15-9-24-6-12(3)16-17(29)19(24)25(8-14,18(15)23)22(27)26(24,31)20(16)33-13(4)28/h11,14-20,22,29,31H,3,6-10H2,1-2,4-5H3/t14-,15-,16+,17+,18+,19+,20+,22-,23+,24+,25-,26-,27-/m0/s1. The van der Waals surface area contributed by atoms with Crippen molar-refractivity contribution in [3.8, 4) is 0 Å². The van der Waals surface area contributed by atoms with E-state index in [2.05, 4.69) is 13.5 Å². The van der Waals surface area contributed by atoms with Gasteiger partial charge in [0.05, 0.1) is 24.6 Å². The van der Waals surface area contributed by atoms with E-state index in [1.54, 1.807) is 0 Å². The summed E-state index contributed by atoms with van der Waals surface area (Å²) in [7, 11) is 0. The molecule has 3 aliphatic heterocycles. The normalized spacial score (nSPS) is 61.4. The molecule has 6 saturated carbocycles. The molecule has 9 aliphatic rings. The first kappa shape index (κ1) is 21.8. The fourth-order valence-corrected chi connectivity index (χ4v) is 11.8. The molecular weight excluding hydrogens is 438 g/mol. The number of aliphatic hydroxyl groups excluding tert-OH is 1. The molecule has 6 aliphatic carbocycles. The predicted octanol–water partition coefficient (Wildman–Crippen LogP) is 1.67. The molecule has 2 spiro atoms. The molecule has 0 aromatic carbocycles. The number of hydrogen-bond acceptors (Lipinski definition) is 7. The van der Waals surface area contributed by atoms with Gasteiger partial charge in [-0.05, 0) is 19.3 Å². The lowest BCUT2D eigenvalue weighted by Crippen LogP contribution is -2.79. The van der Waals surface area contributed by atoms with Crippen LogP contribution >= 0.6 is 0 Å². The SMILES string of the molecule is C=C1C[C@@]23C[C@H]4[C@@H]5[C@]6(C)C[C@H](OC(=O)C(C)C)C[C@@]57[C@@H]2[C@H](O)[C@@H]1[C@@H](OC(C)=O)[C@]3(O)[C@H]7[N@+]4([O-])C6. The molecule has 9 fully saturated rings. The van der Waals surface area contributed by atoms with Gasteiger partial charge >= 0.3 is 11.9 Å². The van der Waals surface area contributed by atoms with Crippen molar-refractivity contribution in [3.05, 3.63) is 17.4 Å². The van der Waals surface area contributed by atoms with Gasteiger partial charge in [-0.15, -0.1) is 0 Å². The van der Waals surface area contributed by atoms with E-state index in [1.807, 2.05) is 13.8 Å². The molecule has 186 valence electrons. The van der Waals surface area contributed by atoms with Gasteiger partial charge in [0.15, 0.2) is 5.60 Å². The van der Waals surface area contributed by atoms with E-state index in [-0.39, 0.29) is 41.3 Å². The third-order valence-electron chi connectivity index (χ3n) is 11.6. The summed E-state index contributed by atoms with van der Waals surface area (Å²) in [6, 6.07) is -0.847. The number of nitrogens with zero attached hydrogens (tertiary/aromatic N) is 1. The Balaban J connectivity index is 1.44. The quantitative estimate of drug-likeness (QED) is 0.277. The highest BCUT2D eigenvalue weighted by molar-refractivity contribution is 5.71. The molecule has 8 heteroatoms. The number of aliphatic hydroxyl groups is 2. The molecule has 3 heterocycles. The Morgan fingerprint density at radius 2 is 1.91 bits per heavy atom. The molecule has 8 nitrogen and oxygen atoms in total. The zero-order chi connectivity index (χ0) is 24.4. The number of carbonyl (C=O) groups excluding carboxylic acids is 2. The molecule has 3 saturated heterocycles. The van der Waals surface area contributed by atoms with Crippen LogP contribution in [0.25, 0.3) is 0 Å². The van der Waals surface area contributed by atoms with E-state index in [1.165, 1.54) is 6.92 Å². The smallest absolute Gasteiger partial charge is 0.308 e. The Morgan fingerprint density at radius 1 is 1.21 bits per heavy atom. The van der Waals surface area contributed by atoms with Crippen LogP contribution < -0.4 is 0 Å². The van der Waals surface area contributed by atoms with Gasteiger partial charge in [0.25, 0.3) is 0 Å². The van der Waals surface area contributed by atoms with Crippen LogP contribution in [0.4, 0.5) is 0 Å². The zero-order valence-electron chi connectivity index (χ0n) is 20.3. The minimum atomic E-state index is -1.52. The monoisotopic (exact) mass is 473 g/mol. The summed E-state index contributed by atoms with van der Waals surface area (Å²) in [5.74, 6) is -1.88. The first-order valence-electron chi connectivity index (χ1n) is 12.8. The number of esters is 2. The lowest BCUT2D eigenvalue weighted by Gasteiger charge is -2.68. The second kappa shape index (κ2) is 5.74. The number of carbonyl (C=O) groups is 2. The molecule has 13 atom stereocenters. The van der Waals surface area contributed by atoms with E-state index in [4.69, 9.17) is 9.47 Å². The molecule has 0 aromatic heterocycles. The highest BCUT2D eigenvalue weighted by Crippen LogP contribution is 2.89. The molecular formula is C26H35NO7. The summed E-state index contributed by atoms with van der Waals surface area (Å²) in [6.45, 7) is 11.7. The van der Waals surface area contributed by atoms with E-state index in [0.29, 0.717) is 32.2 Å². The van der Waals surface area contributed by atoms with Crippen LogP contribution in [0.3, 0.4) is 0 Å². The average molecular weight is 474 g/mol. The van der Waals surface area contributed by atoms with Crippen molar-refractivity contribution in [1.29, 1.82) is 0 Å². The van der Waals surface area contributed by atoms with Gasteiger partial charge in [-0.1, -0.05) is 32.9 Å². The largest absolute Gasteiger partial charge is 0.632 e.